The second-order valence-electron chi connectivity index (χ2n) is 15.8. The number of allylic oxidation sites excluding steroid dienone is 1. The Morgan fingerprint density at radius 3 is 1.32 bits per heavy atom. The van der Waals surface area contributed by atoms with E-state index in [1.54, 1.807) is 0 Å². The van der Waals surface area contributed by atoms with E-state index in [0.29, 0.717) is 0 Å². The summed E-state index contributed by atoms with van der Waals surface area (Å²) in [5.41, 5.74) is 24.2. The molecule has 3 heterocycles. The Hall–Kier alpha value is -8.21. The van der Waals surface area contributed by atoms with Crippen LogP contribution in [-0.2, 0) is 0 Å². The number of nitrogens with zero attached hydrogens (tertiary/aromatic N) is 3. The van der Waals surface area contributed by atoms with Gasteiger partial charge in [-0.15, -0.1) is 0 Å². The number of nitrogen functional groups attached to an aromatic ring is 1. The maximum Gasteiger partial charge on any atom is 0.116 e. The van der Waals surface area contributed by atoms with Gasteiger partial charge in [-0.2, -0.15) is 0 Å². The minimum Gasteiger partial charge on any atom is -0.384 e. The second-order valence-corrected chi connectivity index (χ2v) is 15.8. The van der Waals surface area contributed by atoms with Gasteiger partial charge in [0.1, 0.15) is 5.82 Å². The molecule has 11 aromatic rings. The van der Waals surface area contributed by atoms with Crippen LogP contribution in [0.2, 0.25) is 0 Å². The van der Waals surface area contributed by atoms with Crippen molar-refractivity contribution in [2.75, 3.05) is 5.73 Å². The molecule has 0 aliphatic rings. The highest BCUT2D eigenvalue weighted by Gasteiger charge is 2.16. The Balaban J connectivity index is 0.941. The number of para-hydroxylation sites is 3. The summed E-state index contributed by atoms with van der Waals surface area (Å²) in [6.07, 6.45) is 4.13. The Morgan fingerprint density at radius 1 is 0.371 bits per heavy atom. The van der Waals surface area contributed by atoms with E-state index < -0.39 is 0 Å². The number of benzene rings is 8. The standard InChI is InChI=1S/C58H42N4/c1-2-14-52-51-23-8-11-26-57(51)62(58(52)59)48-33-29-41(30-34-48)43-18-13-20-45(36-43)54-38-46(39-15-4-3-5-16-39)37-53(60-54)44-19-12-17-42(35-44)40-27-31-47(32-28-40)61-55-24-9-6-21-49(55)50-22-7-10-25-56(50)61/h2-38H,59H2,1H3/b14-2-. The minimum absolute atomic E-state index is 0.734. The summed E-state index contributed by atoms with van der Waals surface area (Å²) in [5.74, 6) is 0.734. The fraction of sp³-hybridized carbons (Fsp3) is 0.0172. The molecule has 0 fully saturated rings. The summed E-state index contributed by atoms with van der Waals surface area (Å²) in [6.45, 7) is 2.02. The molecule has 0 amide bonds. The van der Waals surface area contributed by atoms with Crippen LogP contribution >= 0.6 is 0 Å². The molecule has 8 aromatic carbocycles. The van der Waals surface area contributed by atoms with Gasteiger partial charge in [0.05, 0.1) is 27.9 Å². The number of nitrogens with two attached hydrogens (primary N) is 1. The molecule has 0 atom stereocenters. The molecule has 0 saturated carbocycles. The Kier molecular flexibility index (Phi) is 9.17. The largest absolute Gasteiger partial charge is 0.384 e. The quantitative estimate of drug-likeness (QED) is 0.167. The lowest BCUT2D eigenvalue weighted by atomic mass is 9.96. The van der Waals surface area contributed by atoms with Crippen LogP contribution in [0.15, 0.2) is 218 Å². The van der Waals surface area contributed by atoms with E-state index in [2.05, 4.69) is 228 Å². The molecule has 11 rings (SSSR count). The van der Waals surface area contributed by atoms with E-state index in [9.17, 15) is 0 Å². The van der Waals surface area contributed by atoms with E-state index in [4.69, 9.17) is 10.7 Å². The summed E-state index contributed by atoms with van der Waals surface area (Å²) in [7, 11) is 0. The first-order valence-corrected chi connectivity index (χ1v) is 21.1. The molecule has 294 valence electrons. The number of aromatic nitrogens is 3. The van der Waals surface area contributed by atoms with Crippen molar-refractivity contribution in [3.8, 4) is 67.3 Å². The fourth-order valence-electron chi connectivity index (χ4n) is 9.05. The number of hydrogen-bond donors (Lipinski definition) is 1. The average Bonchev–Trinajstić information content (AvgIpc) is 3.83. The number of hydrogen-bond acceptors (Lipinski definition) is 2. The van der Waals surface area contributed by atoms with Gasteiger partial charge in [-0.1, -0.05) is 158 Å². The number of pyridine rings is 1. The normalized spacial score (nSPS) is 11.6. The molecule has 2 N–H and O–H groups in total. The highest BCUT2D eigenvalue weighted by molar-refractivity contribution is 6.09. The van der Waals surface area contributed by atoms with Crippen molar-refractivity contribution in [2.24, 2.45) is 0 Å². The van der Waals surface area contributed by atoms with Crippen LogP contribution in [0.4, 0.5) is 5.82 Å². The topological polar surface area (TPSA) is 48.8 Å². The van der Waals surface area contributed by atoms with E-state index in [1.165, 1.54) is 21.8 Å². The van der Waals surface area contributed by atoms with E-state index >= 15 is 0 Å². The highest BCUT2D eigenvalue weighted by atomic mass is 15.1. The third-order valence-corrected chi connectivity index (χ3v) is 12.0. The predicted octanol–water partition coefficient (Wildman–Crippen LogP) is 15.1. The van der Waals surface area contributed by atoms with E-state index in [1.807, 2.05) is 13.0 Å². The van der Waals surface area contributed by atoms with Crippen LogP contribution in [0, 0.1) is 0 Å². The number of fused-ring (bicyclic) bond motifs is 4. The molecule has 4 heteroatoms. The lowest BCUT2D eigenvalue weighted by molar-refractivity contribution is 1.14. The second kappa shape index (κ2) is 15.4. The van der Waals surface area contributed by atoms with E-state index in [-0.39, 0.29) is 0 Å². The van der Waals surface area contributed by atoms with Crippen molar-refractivity contribution in [2.45, 2.75) is 6.92 Å². The zero-order valence-electron chi connectivity index (χ0n) is 34.3. The molecule has 3 aromatic heterocycles. The van der Waals surface area contributed by atoms with Gasteiger partial charge in [0, 0.05) is 44.2 Å². The zero-order chi connectivity index (χ0) is 41.6. The van der Waals surface area contributed by atoms with Crippen LogP contribution < -0.4 is 5.73 Å². The lowest BCUT2D eigenvalue weighted by Crippen LogP contribution is -2.00. The van der Waals surface area contributed by atoms with Gasteiger partial charge in [0.25, 0.3) is 0 Å². The van der Waals surface area contributed by atoms with Crippen LogP contribution in [0.1, 0.15) is 12.5 Å². The Bertz CT molecular complexity index is 3410. The SMILES string of the molecule is C/C=C\c1c(N)n(-c2ccc(-c3cccc(-c4cc(-c5ccccc5)cc(-c5cccc(-c6ccc(-n7c8ccccc8c8ccccc87)cc6)c5)n4)c3)cc2)c2ccccc12. The molecule has 62 heavy (non-hydrogen) atoms. The Morgan fingerprint density at radius 2 is 0.790 bits per heavy atom. The first kappa shape index (κ1) is 36.8. The fourth-order valence-corrected chi connectivity index (χ4v) is 9.05. The predicted molar refractivity (Wildman–Crippen MR) is 262 cm³/mol. The minimum atomic E-state index is 0.734. The number of anilines is 1. The first-order valence-electron chi connectivity index (χ1n) is 21.1. The molecule has 0 radical (unpaired) electrons. The molecule has 0 unspecified atom stereocenters. The van der Waals surface area contributed by atoms with Crippen molar-refractivity contribution in [1.82, 2.24) is 14.1 Å². The van der Waals surface area contributed by atoms with Crippen molar-refractivity contribution < 1.29 is 0 Å². The molecule has 0 bridgehead atoms. The van der Waals surface area contributed by atoms with Gasteiger partial charge in [0.15, 0.2) is 0 Å². The van der Waals surface area contributed by atoms with Crippen LogP contribution in [0.3, 0.4) is 0 Å². The third-order valence-electron chi connectivity index (χ3n) is 12.0. The van der Waals surface area contributed by atoms with Crippen molar-refractivity contribution in [3.63, 3.8) is 0 Å². The maximum absolute atomic E-state index is 6.77. The molecule has 0 aliphatic carbocycles. The summed E-state index contributed by atoms with van der Waals surface area (Å²) in [4.78, 5) is 5.36. The third kappa shape index (κ3) is 6.46. The average molecular weight is 795 g/mol. The van der Waals surface area contributed by atoms with Crippen LogP contribution in [0.25, 0.3) is 106 Å². The summed E-state index contributed by atoms with van der Waals surface area (Å²) in [5, 5.41) is 3.66. The van der Waals surface area contributed by atoms with Gasteiger partial charge in [-0.25, -0.2) is 4.98 Å². The van der Waals surface area contributed by atoms with E-state index in [0.717, 1.165) is 89.6 Å². The molecule has 4 nitrogen and oxygen atoms in total. The highest BCUT2D eigenvalue weighted by Crippen LogP contribution is 2.37. The Labute approximate surface area is 361 Å². The van der Waals surface area contributed by atoms with Gasteiger partial charge >= 0.3 is 0 Å². The zero-order valence-corrected chi connectivity index (χ0v) is 34.3. The smallest absolute Gasteiger partial charge is 0.116 e. The van der Waals surface area contributed by atoms with Gasteiger partial charge < -0.3 is 10.3 Å². The summed E-state index contributed by atoms with van der Waals surface area (Å²) in [6, 6.07) is 75.7. The summed E-state index contributed by atoms with van der Waals surface area (Å²) >= 11 is 0. The summed E-state index contributed by atoms with van der Waals surface area (Å²) < 4.78 is 4.50. The van der Waals surface area contributed by atoms with Gasteiger partial charge in [0.2, 0.25) is 0 Å². The molecule has 0 spiro atoms. The maximum atomic E-state index is 6.77. The van der Waals surface area contributed by atoms with Crippen molar-refractivity contribution in [3.05, 3.63) is 224 Å². The van der Waals surface area contributed by atoms with Gasteiger partial charge in [-0.05, 0) is 107 Å². The van der Waals surface area contributed by atoms with Crippen molar-refractivity contribution in [1.29, 1.82) is 0 Å². The monoisotopic (exact) mass is 794 g/mol. The lowest BCUT2D eigenvalue weighted by Gasteiger charge is -2.13. The van der Waals surface area contributed by atoms with Crippen molar-refractivity contribution >= 4 is 44.6 Å². The van der Waals surface area contributed by atoms with Gasteiger partial charge in [-0.3, -0.25) is 4.57 Å². The number of rotatable bonds is 8. The van der Waals surface area contributed by atoms with Crippen LogP contribution in [0.5, 0.6) is 0 Å². The molecule has 0 aliphatic heterocycles. The first-order chi connectivity index (χ1) is 30.6. The molecular formula is C58H42N4. The van der Waals surface area contributed by atoms with Crippen LogP contribution in [-0.4, -0.2) is 14.1 Å². The molecular weight excluding hydrogens is 753 g/mol. The molecule has 0 saturated heterocycles.